The number of hydrogen-bond donors (Lipinski definition) is 1. The molecule has 1 heterocycles. The molecule has 2 rings (SSSR count). The number of sulfonamides is 1. The lowest BCUT2D eigenvalue weighted by Gasteiger charge is -2.32. The standard InChI is InChI=1S/C16H27N3O2S/c1-3-15-5-7-16(8-6-15)22(20,21)17-9-4-10-19-13-11-18(2)12-14-19/h5-8,17H,3-4,9-14H2,1-2H3. The Hall–Kier alpha value is -0.950. The summed E-state index contributed by atoms with van der Waals surface area (Å²) >= 11 is 0. The van der Waals surface area contributed by atoms with Crippen LogP contribution in [0.25, 0.3) is 0 Å². The highest BCUT2D eigenvalue weighted by atomic mass is 32.2. The van der Waals surface area contributed by atoms with Crippen LogP contribution in [0.2, 0.25) is 0 Å². The number of likely N-dealkylation sites (N-methyl/N-ethyl adjacent to an activating group) is 1. The topological polar surface area (TPSA) is 52.7 Å². The van der Waals surface area contributed by atoms with Gasteiger partial charge in [0.05, 0.1) is 4.90 Å². The van der Waals surface area contributed by atoms with Crippen LogP contribution in [-0.2, 0) is 16.4 Å². The van der Waals surface area contributed by atoms with Gasteiger partial charge in [-0.25, -0.2) is 13.1 Å². The largest absolute Gasteiger partial charge is 0.304 e. The van der Waals surface area contributed by atoms with Crippen molar-refractivity contribution in [2.45, 2.75) is 24.7 Å². The molecule has 0 atom stereocenters. The van der Waals surface area contributed by atoms with E-state index in [2.05, 4.69) is 28.5 Å². The quantitative estimate of drug-likeness (QED) is 0.765. The van der Waals surface area contributed by atoms with Crippen molar-refractivity contribution in [2.24, 2.45) is 0 Å². The number of benzene rings is 1. The van der Waals surface area contributed by atoms with Crippen molar-refractivity contribution in [3.63, 3.8) is 0 Å². The fraction of sp³-hybridized carbons (Fsp3) is 0.625. The van der Waals surface area contributed by atoms with Gasteiger partial charge in [0.25, 0.3) is 0 Å². The Labute approximate surface area is 134 Å². The monoisotopic (exact) mass is 325 g/mol. The Morgan fingerprint density at radius 3 is 2.32 bits per heavy atom. The maximum Gasteiger partial charge on any atom is 0.240 e. The van der Waals surface area contributed by atoms with Crippen LogP contribution in [-0.4, -0.2) is 64.5 Å². The molecule has 0 spiro atoms. The van der Waals surface area contributed by atoms with Gasteiger partial charge in [-0.2, -0.15) is 0 Å². The molecule has 22 heavy (non-hydrogen) atoms. The third-order valence-corrected chi connectivity index (χ3v) is 5.66. The van der Waals surface area contributed by atoms with Crippen LogP contribution in [0.4, 0.5) is 0 Å². The predicted octanol–water partition coefficient (Wildman–Crippen LogP) is 1.16. The zero-order valence-corrected chi connectivity index (χ0v) is 14.4. The van der Waals surface area contributed by atoms with Crippen molar-refractivity contribution in [1.29, 1.82) is 0 Å². The van der Waals surface area contributed by atoms with E-state index < -0.39 is 10.0 Å². The average molecular weight is 325 g/mol. The summed E-state index contributed by atoms with van der Waals surface area (Å²) in [5.74, 6) is 0. The lowest BCUT2D eigenvalue weighted by molar-refractivity contribution is 0.153. The molecule has 0 unspecified atom stereocenters. The van der Waals surface area contributed by atoms with Crippen molar-refractivity contribution in [1.82, 2.24) is 14.5 Å². The SMILES string of the molecule is CCc1ccc(S(=O)(=O)NCCCN2CCN(C)CC2)cc1. The lowest BCUT2D eigenvalue weighted by Crippen LogP contribution is -2.45. The van der Waals surface area contributed by atoms with Crippen LogP contribution in [0, 0.1) is 0 Å². The van der Waals surface area contributed by atoms with E-state index in [-0.39, 0.29) is 0 Å². The maximum absolute atomic E-state index is 12.2. The smallest absolute Gasteiger partial charge is 0.240 e. The number of nitrogens with zero attached hydrogens (tertiary/aromatic N) is 2. The normalized spacial score (nSPS) is 17.7. The van der Waals surface area contributed by atoms with E-state index in [1.165, 1.54) is 0 Å². The Kier molecular flexibility index (Phi) is 6.37. The third kappa shape index (κ3) is 5.05. The van der Waals surface area contributed by atoms with Gasteiger partial charge in [0.15, 0.2) is 0 Å². The van der Waals surface area contributed by atoms with Crippen LogP contribution in [0.3, 0.4) is 0 Å². The molecule has 1 aliphatic rings. The van der Waals surface area contributed by atoms with Gasteiger partial charge in [-0.1, -0.05) is 19.1 Å². The molecule has 1 aromatic carbocycles. The number of aryl methyl sites for hydroxylation is 1. The third-order valence-electron chi connectivity index (χ3n) is 4.18. The summed E-state index contributed by atoms with van der Waals surface area (Å²) in [7, 11) is -1.24. The molecule has 0 saturated carbocycles. The summed E-state index contributed by atoms with van der Waals surface area (Å²) in [6.45, 7) is 7.82. The number of nitrogens with one attached hydrogen (secondary N) is 1. The lowest BCUT2D eigenvalue weighted by atomic mass is 10.2. The summed E-state index contributed by atoms with van der Waals surface area (Å²) in [5, 5.41) is 0. The first-order valence-corrected chi connectivity index (χ1v) is 9.49. The summed E-state index contributed by atoms with van der Waals surface area (Å²) in [5.41, 5.74) is 1.15. The zero-order chi connectivity index (χ0) is 16.0. The van der Waals surface area contributed by atoms with Crippen molar-refractivity contribution in [2.75, 3.05) is 46.3 Å². The first kappa shape index (κ1) is 17.4. The van der Waals surface area contributed by atoms with E-state index in [4.69, 9.17) is 0 Å². The molecule has 5 nitrogen and oxygen atoms in total. The Balaban J connectivity index is 1.75. The van der Waals surface area contributed by atoms with Gasteiger partial charge in [-0.15, -0.1) is 0 Å². The molecule has 0 aromatic heterocycles. The van der Waals surface area contributed by atoms with Crippen molar-refractivity contribution < 1.29 is 8.42 Å². The average Bonchev–Trinajstić information content (AvgIpc) is 2.53. The molecule has 1 aliphatic heterocycles. The van der Waals surface area contributed by atoms with Crippen molar-refractivity contribution in [3.8, 4) is 0 Å². The number of piperazine rings is 1. The molecule has 0 bridgehead atoms. The van der Waals surface area contributed by atoms with Crippen LogP contribution in [0.15, 0.2) is 29.2 Å². The van der Waals surface area contributed by atoms with Crippen LogP contribution in [0.1, 0.15) is 18.9 Å². The Bertz CT molecular complexity index is 549. The minimum atomic E-state index is -3.37. The molecule has 0 aliphatic carbocycles. The van der Waals surface area contributed by atoms with Gasteiger partial charge in [0.2, 0.25) is 10.0 Å². The maximum atomic E-state index is 12.2. The molecular weight excluding hydrogens is 298 g/mol. The van der Waals surface area contributed by atoms with Crippen LogP contribution < -0.4 is 4.72 Å². The molecule has 124 valence electrons. The molecular formula is C16H27N3O2S. The van der Waals surface area contributed by atoms with E-state index in [1.54, 1.807) is 12.1 Å². The fourth-order valence-electron chi connectivity index (χ4n) is 2.57. The molecule has 1 fully saturated rings. The molecule has 0 amide bonds. The van der Waals surface area contributed by atoms with Crippen molar-refractivity contribution >= 4 is 10.0 Å². The summed E-state index contributed by atoms with van der Waals surface area (Å²) in [6, 6.07) is 7.11. The Morgan fingerprint density at radius 1 is 1.09 bits per heavy atom. The van der Waals surface area contributed by atoms with Gasteiger partial charge in [-0.3, -0.25) is 0 Å². The van der Waals surface area contributed by atoms with E-state index in [1.807, 2.05) is 12.1 Å². The van der Waals surface area contributed by atoms with Gasteiger partial charge in [-0.05, 0) is 44.1 Å². The zero-order valence-electron chi connectivity index (χ0n) is 13.6. The van der Waals surface area contributed by atoms with Crippen LogP contribution >= 0.6 is 0 Å². The molecule has 1 N–H and O–H groups in total. The summed E-state index contributed by atoms with van der Waals surface area (Å²) in [6.07, 6.45) is 1.76. The van der Waals surface area contributed by atoms with Crippen LogP contribution in [0.5, 0.6) is 0 Å². The predicted molar refractivity (Wildman–Crippen MR) is 89.6 cm³/mol. The number of hydrogen-bond acceptors (Lipinski definition) is 4. The first-order chi connectivity index (χ1) is 10.5. The highest BCUT2D eigenvalue weighted by Gasteiger charge is 2.15. The highest BCUT2D eigenvalue weighted by Crippen LogP contribution is 2.11. The van der Waals surface area contributed by atoms with Gasteiger partial charge in [0, 0.05) is 32.7 Å². The van der Waals surface area contributed by atoms with Crippen molar-refractivity contribution in [3.05, 3.63) is 29.8 Å². The van der Waals surface area contributed by atoms with E-state index >= 15 is 0 Å². The second-order valence-corrected chi connectivity index (χ2v) is 7.66. The summed E-state index contributed by atoms with van der Waals surface area (Å²) < 4.78 is 27.1. The van der Waals surface area contributed by atoms with E-state index in [0.717, 1.165) is 51.1 Å². The minimum absolute atomic E-state index is 0.351. The summed E-state index contributed by atoms with van der Waals surface area (Å²) in [4.78, 5) is 5.06. The van der Waals surface area contributed by atoms with Gasteiger partial charge >= 0.3 is 0 Å². The van der Waals surface area contributed by atoms with Gasteiger partial charge < -0.3 is 9.80 Å². The second-order valence-electron chi connectivity index (χ2n) is 5.89. The first-order valence-electron chi connectivity index (χ1n) is 8.01. The molecule has 6 heteroatoms. The molecule has 1 aromatic rings. The fourth-order valence-corrected chi connectivity index (χ4v) is 3.64. The number of rotatable bonds is 7. The van der Waals surface area contributed by atoms with Gasteiger partial charge in [0.1, 0.15) is 0 Å². The minimum Gasteiger partial charge on any atom is -0.304 e. The molecule has 1 saturated heterocycles. The van der Waals surface area contributed by atoms with E-state index in [9.17, 15) is 8.42 Å². The Morgan fingerprint density at radius 2 is 1.73 bits per heavy atom. The highest BCUT2D eigenvalue weighted by molar-refractivity contribution is 7.89. The van der Waals surface area contributed by atoms with E-state index in [0.29, 0.717) is 11.4 Å². The second kappa shape index (κ2) is 8.06. The molecule has 0 radical (unpaired) electrons.